The van der Waals surface area contributed by atoms with Gasteiger partial charge < -0.3 is 5.32 Å². The molecule has 21 heavy (non-hydrogen) atoms. The van der Waals surface area contributed by atoms with Crippen LogP contribution >= 0.6 is 11.3 Å². The summed E-state index contributed by atoms with van der Waals surface area (Å²) >= 11 is 1.34. The van der Waals surface area contributed by atoms with Crippen LogP contribution in [0.25, 0.3) is 0 Å². The van der Waals surface area contributed by atoms with Crippen LogP contribution in [0.3, 0.4) is 0 Å². The van der Waals surface area contributed by atoms with Crippen molar-refractivity contribution in [2.24, 2.45) is 0 Å². The zero-order valence-electron chi connectivity index (χ0n) is 12.5. The van der Waals surface area contributed by atoms with Gasteiger partial charge in [0.05, 0.1) is 10.6 Å². The maximum Gasteiger partial charge on any atom is 0.263 e. The second-order valence-electron chi connectivity index (χ2n) is 4.84. The smallest absolute Gasteiger partial charge is 0.263 e. The Balaban J connectivity index is 2.37. The van der Waals surface area contributed by atoms with Gasteiger partial charge in [0.1, 0.15) is 0 Å². The van der Waals surface area contributed by atoms with E-state index in [0.29, 0.717) is 16.6 Å². The van der Waals surface area contributed by atoms with Crippen molar-refractivity contribution >= 4 is 26.5 Å². The third-order valence-electron chi connectivity index (χ3n) is 3.30. The number of anilines is 1. The van der Waals surface area contributed by atoms with Gasteiger partial charge in [-0.2, -0.15) is 0 Å². The van der Waals surface area contributed by atoms with Crippen molar-refractivity contribution in [1.29, 1.82) is 0 Å². The average molecular weight is 325 g/mol. The summed E-state index contributed by atoms with van der Waals surface area (Å²) in [5, 5.41) is 3.44. The number of thiazole rings is 1. The van der Waals surface area contributed by atoms with Gasteiger partial charge in [0, 0.05) is 11.4 Å². The van der Waals surface area contributed by atoms with Gasteiger partial charge in [0.2, 0.25) is 0 Å². The lowest BCUT2D eigenvalue weighted by Gasteiger charge is -2.12. The molecule has 0 aliphatic heterocycles. The summed E-state index contributed by atoms with van der Waals surface area (Å²) in [5.74, 6) is 0. The molecule has 2 rings (SSSR count). The minimum Gasteiger partial charge on any atom is -0.316 e. The summed E-state index contributed by atoms with van der Waals surface area (Å²) in [6.45, 7) is 6.23. The summed E-state index contributed by atoms with van der Waals surface area (Å²) in [5.41, 5.74) is 2.56. The number of hydrogen-bond donors (Lipinski definition) is 2. The van der Waals surface area contributed by atoms with Gasteiger partial charge in [-0.15, -0.1) is 11.3 Å². The van der Waals surface area contributed by atoms with Crippen LogP contribution in [0.4, 0.5) is 5.13 Å². The predicted molar refractivity (Wildman–Crippen MR) is 86.3 cm³/mol. The Kier molecular flexibility index (Phi) is 4.65. The molecule has 0 bridgehead atoms. The van der Waals surface area contributed by atoms with Gasteiger partial charge in [0.15, 0.2) is 5.13 Å². The number of aryl methyl sites for hydroxylation is 2. The Morgan fingerprint density at radius 1 is 1.24 bits per heavy atom. The van der Waals surface area contributed by atoms with Crippen molar-refractivity contribution in [3.05, 3.63) is 39.9 Å². The molecule has 0 amide bonds. The highest BCUT2D eigenvalue weighted by Gasteiger charge is 2.20. The fourth-order valence-corrected chi connectivity index (χ4v) is 4.36. The fraction of sp³-hybridized carbons (Fsp3) is 0.357. The zero-order chi connectivity index (χ0) is 15.6. The highest BCUT2D eigenvalue weighted by molar-refractivity contribution is 7.93. The van der Waals surface area contributed by atoms with Gasteiger partial charge in [-0.1, -0.05) is 12.1 Å². The lowest BCUT2D eigenvalue weighted by Crippen LogP contribution is -2.16. The summed E-state index contributed by atoms with van der Waals surface area (Å²) in [6, 6.07) is 5.29. The minimum atomic E-state index is -3.62. The van der Waals surface area contributed by atoms with Crippen LogP contribution < -0.4 is 10.0 Å². The molecule has 0 aliphatic rings. The Hall–Kier alpha value is -1.44. The van der Waals surface area contributed by atoms with Gasteiger partial charge >= 0.3 is 0 Å². The number of aromatic nitrogens is 1. The zero-order valence-corrected chi connectivity index (χ0v) is 14.2. The molecule has 0 saturated heterocycles. The number of sulfonamides is 1. The number of benzene rings is 1. The van der Waals surface area contributed by atoms with E-state index in [1.807, 2.05) is 33.9 Å². The molecule has 114 valence electrons. The van der Waals surface area contributed by atoms with Crippen molar-refractivity contribution in [2.75, 3.05) is 11.8 Å². The number of nitrogens with one attached hydrogen (secondary N) is 2. The van der Waals surface area contributed by atoms with Crippen molar-refractivity contribution in [2.45, 2.75) is 32.2 Å². The topological polar surface area (TPSA) is 71.1 Å². The summed E-state index contributed by atoms with van der Waals surface area (Å²) in [7, 11) is -1.78. The molecule has 0 aliphatic carbocycles. The summed E-state index contributed by atoms with van der Waals surface area (Å²) in [6.07, 6.45) is 0. The van der Waals surface area contributed by atoms with E-state index < -0.39 is 10.0 Å². The van der Waals surface area contributed by atoms with E-state index in [1.54, 1.807) is 12.1 Å². The maximum absolute atomic E-state index is 12.5. The third-order valence-corrected chi connectivity index (χ3v) is 5.90. The second kappa shape index (κ2) is 6.13. The van der Waals surface area contributed by atoms with Crippen LogP contribution in [0.2, 0.25) is 0 Å². The molecule has 2 aromatic rings. The second-order valence-corrected chi connectivity index (χ2v) is 7.69. The Labute approximate surface area is 129 Å². The van der Waals surface area contributed by atoms with Crippen LogP contribution in [0.5, 0.6) is 0 Å². The van der Waals surface area contributed by atoms with Crippen LogP contribution in [-0.2, 0) is 16.6 Å². The SMILES string of the molecule is CNCc1cccc(S(=O)(=O)Nc2nc(C)c(C)s2)c1C. The first kappa shape index (κ1) is 15.9. The van der Waals surface area contributed by atoms with Crippen molar-refractivity contribution < 1.29 is 8.42 Å². The maximum atomic E-state index is 12.5. The van der Waals surface area contributed by atoms with E-state index in [1.165, 1.54) is 11.3 Å². The molecule has 1 aromatic heterocycles. The molecule has 7 heteroatoms. The average Bonchev–Trinajstić information content (AvgIpc) is 2.70. The van der Waals surface area contributed by atoms with Crippen molar-refractivity contribution in [3.8, 4) is 0 Å². The van der Waals surface area contributed by atoms with E-state index >= 15 is 0 Å². The molecule has 5 nitrogen and oxygen atoms in total. The summed E-state index contributed by atoms with van der Waals surface area (Å²) in [4.78, 5) is 5.53. The van der Waals surface area contributed by atoms with Crippen LogP contribution in [-0.4, -0.2) is 20.4 Å². The normalized spacial score (nSPS) is 11.6. The monoisotopic (exact) mass is 325 g/mol. The minimum absolute atomic E-state index is 0.292. The third kappa shape index (κ3) is 3.42. The molecule has 0 atom stereocenters. The first-order chi connectivity index (χ1) is 9.85. The van der Waals surface area contributed by atoms with Gasteiger partial charge in [-0.05, 0) is 45.0 Å². The molecule has 2 N–H and O–H groups in total. The van der Waals surface area contributed by atoms with Crippen molar-refractivity contribution in [3.63, 3.8) is 0 Å². The predicted octanol–water partition coefficient (Wildman–Crippen LogP) is 2.59. The van der Waals surface area contributed by atoms with Crippen molar-refractivity contribution in [1.82, 2.24) is 10.3 Å². The first-order valence-corrected chi connectivity index (χ1v) is 8.85. The van der Waals surface area contributed by atoms with Crippen LogP contribution in [0, 0.1) is 20.8 Å². The molecule has 1 heterocycles. The first-order valence-electron chi connectivity index (χ1n) is 6.55. The summed E-state index contributed by atoms with van der Waals surface area (Å²) < 4.78 is 27.6. The molecule has 0 radical (unpaired) electrons. The molecule has 1 aromatic carbocycles. The molecule has 0 fully saturated rings. The van der Waals surface area contributed by atoms with Gasteiger partial charge in [0.25, 0.3) is 10.0 Å². The molecule has 0 spiro atoms. The lowest BCUT2D eigenvalue weighted by atomic mass is 10.1. The molecule has 0 unspecified atom stereocenters. The van der Waals surface area contributed by atoms with E-state index in [9.17, 15) is 8.42 Å². The highest BCUT2D eigenvalue weighted by Crippen LogP contribution is 2.26. The van der Waals surface area contributed by atoms with E-state index in [2.05, 4.69) is 15.0 Å². The van der Waals surface area contributed by atoms with Crippen LogP contribution in [0.15, 0.2) is 23.1 Å². The largest absolute Gasteiger partial charge is 0.316 e. The standard InChI is InChI=1S/C14H19N3O2S2/c1-9-12(8-15-4)6-5-7-13(9)21(18,19)17-14-16-10(2)11(3)20-14/h5-7,15H,8H2,1-4H3,(H,16,17). The molecular formula is C14H19N3O2S2. The fourth-order valence-electron chi connectivity index (χ4n) is 2.02. The molecule has 0 saturated carbocycles. The lowest BCUT2D eigenvalue weighted by molar-refractivity contribution is 0.600. The number of rotatable bonds is 5. The Morgan fingerprint density at radius 2 is 1.95 bits per heavy atom. The van der Waals surface area contributed by atoms with E-state index in [4.69, 9.17) is 0 Å². The quantitative estimate of drug-likeness (QED) is 0.886. The van der Waals surface area contributed by atoms with E-state index in [0.717, 1.165) is 21.7 Å². The van der Waals surface area contributed by atoms with Gasteiger partial charge in [-0.25, -0.2) is 13.4 Å². The Bertz CT molecular complexity index is 732. The van der Waals surface area contributed by atoms with Gasteiger partial charge in [-0.3, -0.25) is 4.72 Å². The molecular weight excluding hydrogens is 306 g/mol. The number of hydrogen-bond acceptors (Lipinski definition) is 5. The van der Waals surface area contributed by atoms with E-state index in [-0.39, 0.29) is 0 Å². The van der Waals surface area contributed by atoms with Crippen LogP contribution in [0.1, 0.15) is 21.7 Å². The highest BCUT2D eigenvalue weighted by atomic mass is 32.2. The number of nitrogens with zero attached hydrogens (tertiary/aromatic N) is 1. The Morgan fingerprint density at radius 3 is 2.52 bits per heavy atom.